The zero-order chi connectivity index (χ0) is 13.1. The molecular weight excluding hydrogens is 290 g/mol. The van der Waals surface area contributed by atoms with Crippen molar-refractivity contribution in [2.45, 2.75) is 19.0 Å². The highest BCUT2D eigenvalue weighted by atomic mass is 79.9. The molecule has 0 bridgehead atoms. The Morgan fingerprint density at radius 1 is 1.33 bits per heavy atom. The Morgan fingerprint density at radius 2 is 2.00 bits per heavy atom. The second kappa shape index (κ2) is 6.15. The van der Waals surface area contributed by atoms with Gasteiger partial charge in [0, 0.05) is 42.7 Å². The number of nitrogens with zero attached hydrogens (tertiary/aromatic N) is 2. The van der Waals surface area contributed by atoms with Gasteiger partial charge in [-0.2, -0.15) is 0 Å². The third-order valence-corrected chi connectivity index (χ3v) is 4.29. The first-order valence-corrected chi connectivity index (χ1v) is 7.31. The van der Waals surface area contributed by atoms with Gasteiger partial charge >= 0.3 is 0 Å². The Bertz CT molecular complexity index is 379. The van der Waals surface area contributed by atoms with Crippen molar-refractivity contribution < 1.29 is 0 Å². The molecule has 0 radical (unpaired) electrons. The van der Waals surface area contributed by atoms with Crippen molar-refractivity contribution in [3.8, 4) is 0 Å². The average molecular weight is 312 g/mol. The molecular formula is C14H22BrN3. The van der Waals surface area contributed by atoms with Crippen LogP contribution >= 0.6 is 15.9 Å². The number of piperazine rings is 1. The third kappa shape index (κ3) is 3.12. The quantitative estimate of drug-likeness (QED) is 0.927. The fourth-order valence-electron chi connectivity index (χ4n) is 2.76. The van der Waals surface area contributed by atoms with Crippen molar-refractivity contribution in [3.05, 3.63) is 34.3 Å². The van der Waals surface area contributed by atoms with E-state index in [-0.39, 0.29) is 0 Å². The minimum absolute atomic E-state index is 0.335. The van der Waals surface area contributed by atoms with Crippen LogP contribution in [-0.4, -0.2) is 49.1 Å². The van der Waals surface area contributed by atoms with Crippen LogP contribution in [-0.2, 0) is 0 Å². The molecule has 4 heteroatoms. The van der Waals surface area contributed by atoms with Gasteiger partial charge in [0.05, 0.1) is 0 Å². The van der Waals surface area contributed by atoms with E-state index in [9.17, 15) is 0 Å². The first-order chi connectivity index (χ1) is 8.61. The van der Waals surface area contributed by atoms with E-state index in [0.717, 1.165) is 24.1 Å². The van der Waals surface area contributed by atoms with E-state index < -0.39 is 0 Å². The molecule has 1 fully saturated rings. The molecule has 0 amide bonds. The summed E-state index contributed by atoms with van der Waals surface area (Å²) in [6.07, 6.45) is 0. The molecule has 2 unspecified atom stereocenters. The number of hydrogen-bond acceptors (Lipinski definition) is 3. The summed E-state index contributed by atoms with van der Waals surface area (Å²) in [6, 6.07) is 9.43. The summed E-state index contributed by atoms with van der Waals surface area (Å²) in [5.74, 6) is 0. The highest BCUT2D eigenvalue weighted by Crippen LogP contribution is 2.25. The number of benzene rings is 1. The number of hydrogen-bond donors (Lipinski definition) is 1. The normalized spacial score (nSPS) is 24.1. The molecule has 1 heterocycles. The molecule has 0 aromatic heterocycles. The summed E-state index contributed by atoms with van der Waals surface area (Å²) in [5, 5.41) is 0. The Hall–Kier alpha value is -0.420. The van der Waals surface area contributed by atoms with Crippen LogP contribution in [0.2, 0.25) is 0 Å². The molecule has 0 aliphatic carbocycles. The Morgan fingerprint density at radius 3 is 2.56 bits per heavy atom. The zero-order valence-corrected chi connectivity index (χ0v) is 12.7. The van der Waals surface area contributed by atoms with Crippen LogP contribution in [0.5, 0.6) is 0 Å². The lowest BCUT2D eigenvalue weighted by Crippen LogP contribution is -2.52. The molecule has 3 nitrogen and oxygen atoms in total. The summed E-state index contributed by atoms with van der Waals surface area (Å²) >= 11 is 3.48. The molecule has 1 aliphatic heterocycles. The molecule has 1 aromatic rings. The minimum atomic E-state index is 0.335. The molecule has 18 heavy (non-hydrogen) atoms. The van der Waals surface area contributed by atoms with Crippen LogP contribution in [0.15, 0.2) is 28.7 Å². The third-order valence-electron chi connectivity index (χ3n) is 3.76. The van der Waals surface area contributed by atoms with E-state index in [1.54, 1.807) is 0 Å². The predicted molar refractivity (Wildman–Crippen MR) is 79.6 cm³/mol. The van der Waals surface area contributed by atoms with Crippen LogP contribution in [0.1, 0.15) is 18.5 Å². The predicted octanol–water partition coefficient (Wildman–Crippen LogP) is 2.08. The number of halogens is 1. The largest absolute Gasteiger partial charge is 0.329 e. The van der Waals surface area contributed by atoms with Crippen LogP contribution in [0, 0.1) is 0 Å². The number of nitrogens with two attached hydrogens (primary N) is 1. The number of rotatable bonds is 3. The van der Waals surface area contributed by atoms with Gasteiger partial charge < -0.3 is 10.6 Å². The topological polar surface area (TPSA) is 32.5 Å². The lowest BCUT2D eigenvalue weighted by Gasteiger charge is -2.42. The van der Waals surface area contributed by atoms with Crippen molar-refractivity contribution >= 4 is 15.9 Å². The van der Waals surface area contributed by atoms with E-state index in [2.05, 4.69) is 64.0 Å². The lowest BCUT2D eigenvalue weighted by molar-refractivity contribution is 0.0635. The van der Waals surface area contributed by atoms with Crippen molar-refractivity contribution in [2.75, 3.05) is 33.2 Å². The maximum atomic E-state index is 6.00. The van der Waals surface area contributed by atoms with Crippen LogP contribution in [0.3, 0.4) is 0 Å². The molecule has 2 rings (SSSR count). The molecule has 1 aliphatic rings. The van der Waals surface area contributed by atoms with Gasteiger partial charge in [-0.1, -0.05) is 28.1 Å². The van der Waals surface area contributed by atoms with Gasteiger partial charge in [0.2, 0.25) is 0 Å². The monoisotopic (exact) mass is 311 g/mol. The second-order valence-electron chi connectivity index (χ2n) is 5.15. The summed E-state index contributed by atoms with van der Waals surface area (Å²) in [6.45, 7) is 6.30. The van der Waals surface area contributed by atoms with Gasteiger partial charge in [-0.15, -0.1) is 0 Å². The van der Waals surface area contributed by atoms with Gasteiger partial charge in [-0.05, 0) is 31.7 Å². The summed E-state index contributed by atoms with van der Waals surface area (Å²) < 4.78 is 1.12. The fourth-order valence-corrected chi connectivity index (χ4v) is 3.03. The summed E-state index contributed by atoms with van der Waals surface area (Å²) in [7, 11) is 2.19. The molecule has 100 valence electrons. The summed E-state index contributed by atoms with van der Waals surface area (Å²) in [4.78, 5) is 4.92. The van der Waals surface area contributed by atoms with Gasteiger partial charge in [0.25, 0.3) is 0 Å². The minimum Gasteiger partial charge on any atom is -0.329 e. The van der Waals surface area contributed by atoms with E-state index in [1.165, 1.54) is 5.56 Å². The van der Waals surface area contributed by atoms with Gasteiger partial charge in [0.15, 0.2) is 0 Å². The van der Waals surface area contributed by atoms with Gasteiger partial charge in [-0.3, -0.25) is 4.90 Å². The van der Waals surface area contributed by atoms with Crippen molar-refractivity contribution in [3.63, 3.8) is 0 Å². The zero-order valence-electron chi connectivity index (χ0n) is 11.1. The van der Waals surface area contributed by atoms with Gasteiger partial charge in [-0.25, -0.2) is 0 Å². The average Bonchev–Trinajstić information content (AvgIpc) is 2.35. The lowest BCUT2D eigenvalue weighted by atomic mass is 10.0. The molecule has 0 spiro atoms. The van der Waals surface area contributed by atoms with E-state index >= 15 is 0 Å². The van der Waals surface area contributed by atoms with Crippen molar-refractivity contribution in [1.82, 2.24) is 9.80 Å². The SMILES string of the molecule is CC1CN(C)CCN1C(CN)c1ccc(Br)cc1. The molecule has 2 N–H and O–H groups in total. The van der Waals surface area contributed by atoms with Crippen LogP contribution in [0.25, 0.3) is 0 Å². The summed E-state index contributed by atoms with van der Waals surface area (Å²) in [5.41, 5.74) is 7.32. The van der Waals surface area contributed by atoms with Crippen molar-refractivity contribution in [1.29, 1.82) is 0 Å². The maximum absolute atomic E-state index is 6.00. The molecule has 1 saturated heterocycles. The molecule has 1 aromatic carbocycles. The Labute approximate surface area is 118 Å². The first-order valence-electron chi connectivity index (χ1n) is 6.51. The maximum Gasteiger partial charge on any atom is 0.0474 e. The smallest absolute Gasteiger partial charge is 0.0474 e. The standard InChI is InChI=1S/C14H22BrN3/c1-11-10-17(2)7-8-18(11)14(9-16)12-3-5-13(15)6-4-12/h3-6,11,14H,7-10,16H2,1-2H3. The fraction of sp³-hybridized carbons (Fsp3) is 0.571. The molecule has 2 atom stereocenters. The highest BCUT2D eigenvalue weighted by molar-refractivity contribution is 9.10. The van der Waals surface area contributed by atoms with E-state index in [0.29, 0.717) is 18.6 Å². The number of likely N-dealkylation sites (N-methyl/N-ethyl adjacent to an activating group) is 1. The van der Waals surface area contributed by atoms with E-state index in [1.807, 2.05) is 0 Å². The molecule has 0 saturated carbocycles. The van der Waals surface area contributed by atoms with E-state index in [4.69, 9.17) is 5.73 Å². The second-order valence-corrected chi connectivity index (χ2v) is 6.07. The first kappa shape index (κ1) is 14.0. The Kier molecular flexibility index (Phi) is 4.78. The van der Waals surface area contributed by atoms with Crippen molar-refractivity contribution in [2.24, 2.45) is 5.73 Å². The Balaban J connectivity index is 2.15. The van der Waals surface area contributed by atoms with Crippen LogP contribution in [0.4, 0.5) is 0 Å². The van der Waals surface area contributed by atoms with Crippen LogP contribution < -0.4 is 5.73 Å². The van der Waals surface area contributed by atoms with Gasteiger partial charge in [0.1, 0.15) is 0 Å². The highest BCUT2D eigenvalue weighted by Gasteiger charge is 2.28.